The summed E-state index contributed by atoms with van der Waals surface area (Å²) >= 11 is 0. The van der Waals surface area contributed by atoms with E-state index in [0.717, 1.165) is 24.9 Å². The summed E-state index contributed by atoms with van der Waals surface area (Å²) in [5.41, 5.74) is 0. The second-order valence-electron chi connectivity index (χ2n) is 7.24. The van der Waals surface area contributed by atoms with Crippen LogP contribution in [0.1, 0.15) is 52.9 Å². The molecule has 0 unspecified atom stereocenters. The molecule has 3 heteroatoms. The number of fused-ring (bicyclic) bond motifs is 1. The minimum atomic E-state index is 0.369. The molecular weight excluding hydrogens is 236 g/mol. The molecule has 3 aliphatic rings. The summed E-state index contributed by atoms with van der Waals surface area (Å²) in [7, 11) is 0. The van der Waals surface area contributed by atoms with Gasteiger partial charge in [-0.1, -0.05) is 13.3 Å². The Labute approximate surface area is 117 Å². The van der Waals surface area contributed by atoms with Crippen molar-refractivity contribution in [1.29, 1.82) is 0 Å². The molecule has 0 aromatic rings. The van der Waals surface area contributed by atoms with Gasteiger partial charge in [-0.05, 0) is 57.4 Å². The highest BCUT2D eigenvalue weighted by molar-refractivity contribution is 5.80. The molecule has 0 spiro atoms. The van der Waals surface area contributed by atoms with Gasteiger partial charge in [0.05, 0.1) is 0 Å². The Balaban J connectivity index is 1.64. The van der Waals surface area contributed by atoms with Crippen LogP contribution in [0.25, 0.3) is 0 Å². The predicted molar refractivity (Wildman–Crippen MR) is 76.8 cm³/mol. The average Bonchev–Trinajstić information content (AvgIpc) is 2.71. The third-order valence-corrected chi connectivity index (χ3v) is 5.75. The Hall–Kier alpha value is -0.570. The van der Waals surface area contributed by atoms with Crippen molar-refractivity contribution in [3.8, 4) is 0 Å². The summed E-state index contributed by atoms with van der Waals surface area (Å²) < 4.78 is 0. The quantitative estimate of drug-likeness (QED) is 0.845. The van der Waals surface area contributed by atoms with Gasteiger partial charge in [0.1, 0.15) is 0 Å². The zero-order valence-corrected chi connectivity index (χ0v) is 12.6. The largest absolute Gasteiger partial charge is 0.337 e. The van der Waals surface area contributed by atoms with Crippen LogP contribution in [-0.4, -0.2) is 35.5 Å². The molecule has 19 heavy (non-hydrogen) atoms. The summed E-state index contributed by atoms with van der Waals surface area (Å²) in [6.07, 6.45) is 6.11. The number of hydrogen-bond acceptors (Lipinski definition) is 2. The van der Waals surface area contributed by atoms with E-state index in [1.807, 2.05) is 0 Å². The molecule has 0 radical (unpaired) electrons. The molecule has 1 aliphatic heterocycles. The second kappa shape index (κ2) is 5.08. The fourth-order valence-electron chi connectivity index (χ4n) is 4.48. The van der Waals surface area contributed by atoms with Gasteiger partial charge in [-0.25, -0.2) is 0 Å². The van der Waals surface area contributed by atoms with Gasteiger partial charge in [0.15, 0.2) is 0 Å². The number of carbonyl (C=O) groups excluding carboxylic acids is 1. The molecule has 3 nitrogen and oxygen atoms in total. The van der Waals surface area contributed by atoms with E-state index in [0.29, 0.717) is 29.8 Å². The molecule has 1 N–H and O–H groups in total. The lowest BCUT2D eigenvalue weighted by atomic mass is 9.87. The SMILES string of the molecule is CC(C)N1C(=O)C[C@H]2[C@H](CNC3CCC3)[C@@H](C)C[C@H]21. The van der Waals surface area contributed by atoms with Crippen molar-refractivity contribution in [2.75, 3.05) is 6.54 Å². The summed E-state index contributed by atoms with van der Waals surface area (Å²) in [4.78, 5) is 14.4. The van der Waals surface area contributed by atoms with Gasteiger partial charge in [-0.2, -0.15) is 0 Å². The number of nitrogens with one attached hydrogen (secondary N) is 1. The Kier molecular flexibility index (Phi) is 3.59. The maximum Gasteiger partial charge on any atom is 0.223 e. The maximum absolute atomic E-state index is 12.2. The van der Waals surface area contributed by atoms with E-state index in [4.69, 9.17) is 0 Å². The van der Waals surface area contributed by atoms with E-state index in [1.54, 1.807) is 0 Å². The monoisotopic (exact) mass is 264 g/mol. The van der Waals surface area contributed by atoms with Gasteiger partial charge in [0, 0.05) is 24.5 Å². The van der Waals surface area contributed by atoms with Crippen LogP contribution < -0.4 is 5.32 Å². The third-order valence-electron chi connectivity index (χ3n) is 5.75. The van der Waals surface area contributed by atoms with E-state index in [2.05, 4.69) is 31.0 Å². The Morgan fingerprint density at radius 1 is 1.37 bits per heavy atom. The van der Waals surface area contributed by atoms with Gasteiger partial charge in [-0.3, -0.25) is 4.79 Å². The number of carbonyl (C=O) groups is 1. The van der Waals surface area contributed by atoms with Crippen molar-refractivity contribution >= 4 is 5.91 Å². The summed E-state index contributed by atoms with van der Waals surface area (Å²) in [6, 6.07) is 1.66. The molecular formula is C16H28N2O. The zero-order valence-electron chi connectivity index (χ0n) is 12.6. The lowest BCUT2D eigenvalue weighted by Gasteiger charge is -2.30. The van der Waals surface area contributed by atoms with E-state index in [1.165, 1.54) is 25.7 Å². The van der Waals surface area contributed by atoms with Crippen molar-refractivity contribution in [3.63, 3.8) is 0 Å². The maximum atomic E-state index is 12.2. The third kappa shape index (κ3) is 2.31. The van der Waals surface area contributed by atoms with Crippen LogP contribution in [0.5, 0.6) is 0 Å². The molecule has 1 amide bonds. The van der Waals surface area contributed by atoms with Crippen molar-refractivity contribution in [3.05, 3.63) is 0 Å². The molecule has 3 fully saturated rings. The number of nitrogens with zero attached hydrogens (tertiary/aromatic N) is 1. The normalized spacial score (nSPS) is 38.9. The highest BCUT2D eigenvalue weighted by Crippen LogP contribution is 2.46. The number of hydrogen-bond donors (Lipinski definition) is 1. The second-order valence-corrected chi connectivity index (χ2v) is 7.24. The van der Waals surface area contributed by atoms with E-state index < -0.39 is 0 Å². The van der Waals surface area contributed by atoms with Crippen LogP contribution in [0.2, 0.25) is 0 Å². The molecule has 2 saturated carbocycles. The molecule has 2 aliphatic carbocycles. The lowest BCUT2D eigenvalue weighted by Crippen LogP contribution is -2.41. The highest BCUT2D eigenvalue weighted by Gasteiger charge is 2.51. The molecule has 4 atom stereocenters. The van der Waals surface area contributed by atoms with Crippen molar-refractivity contribution < 1.29 is 4.79 Å². The first-order valence-corrected chi connectivity index (χ1v) is 8.12. The standard InChI is InChI=1S/C16H28N2O/c1-10(2)18-15-7-11(3)14(13(15)8-16(18)19)9-17-12-5-4-6-12/h10-15,17H,4-9H2,1-3H3/t11-,13-,14+,15+/m0/s1. The minimum Gasteiger partial charge on any atom is -0.337 e. The molecule has 1 heterocycles. The summed E-state index contributed by atoms with van der Waals surface area (Å²) in [6.45, 7) is 7.83. The molecule has 108 valence electrons. The first-order valence-electron chi connectivity index (χ1n) is 8.12. The predicted octanol–water partition coefficient (Wildman–Crippen LogP) is 2.41. The van der Waals surface area contributed by atoms with Gasteiger partial charge in [0.25, 0.3) is 0 Å². The van der Waals surface area contributed by atoms with Gasteiger partial charge in [0.2, 0.25) is 5.91 Å². The van der Waals surface area contributed by atoms with Gasteiger partial charge < -0.3 is 10.2 Å². The fraction of sp³-hybridized carbons (Fsp3) is 0.938. The van der Waals surface area contributed by atoms with E-state index >= 15 is 0 Å². The smallest absolute Gasteiger partial charge is 0.223 e. The minimum absolute atomic E-state index is 0.369. The number of rotatable bonds is 4. The molecule has 0 aromatic heterocycles. The van der Waals surface area contributed by atoms with Crippen LogP contribution >= 0.6 is 0 Å². The highest BCUT2D eigenvalue weighted by atomic mass is 16.2. The molecule has 0 bridgehead atoms. The number of amides is 1. The first-order chi connectivity index (χ1) is 9.08. The van der Waals surface area contributed by atoms with E-state index in [-0.39, 0.29) is 0 Å². The molecule has 1 saturated heterocycles. The molecule has 3 rings (SSSR count). The van der Waals surface area contributed by atoms with Crippen LogP contribution in [0, 0.1) is 17.8 Å². The number of likely N-dealkylation sites (tertiary alicyclic amines) is 1. The molecule has 0 aromatic carbocycles. The van der Waals surface area contributed by atoms with Crippen LogP contribution in [0.15, 0.2) is 0 Å². The van der Waals surface area contributed by atoms with Crippen molar-refractivity contribution in [2.45, 2.75) is 71.0 Å². The van der Waals surface area contributed by atoms with Crippen molar-refractivity contribution in [2.24, 2.45) is 17.8 Å². The summed E-state index contributed by atoms with van der Waals surface area (Å²) in [5, 5.41) is 3.73. The van der Waals surface area contributed by atoms with Crippen LogP contribution in [-0.2, 0) is 4.79 Å². The van der Waals surface area contributed by atoms with Crippen LogP contribution in [0.3, 0.4) is 0 Å². The van der Waals surface area contributed by atoms with E-state index in [9.17, 15) is 4.79 Å². The van der Waals surface area contributed by atoms with Gasteiger partial charge >= 0.3 is 0 Å². The lowest BCUT2D eigenvalue weighted by molar-refractivity contribution is -0.130. The Morgan fingerprint density at radius 3 is 2.68 bits per heavy atom. The summed E-state index contributed by atoms with van der Waals surface area (Å²) in [5.74, 6) is 2.47. The Morgan fingerprint density at radius 2 is 2.11 bits per heavy atom. The van der Waals surface area contributed by atoms with Crippen LogP contribution in [0.4, 0.5) is 0 Å². The topological polar surface area (TPSA) is 32.3 Å². The average molecular weight is 264 g/mol. The first kappa shape index (κ1) is 13.4. The fourth-order valence-corrected chi connectivity index (χ4v) is 4.48. The zero-order chi connectivity index (χ0) is 13.6. The van der Waals surface area contributed by atoms with Crippen molar-refractivity contribution in [1.82, 2.24) is 10.2 Å². The van der Waals surface area contributed by atoms with Gasteiger partial charge in [-0.15, -0.1) is 0 Å². The Bertz CT molecular complexity index is 351.